The van der Waals surface area contributed by atoms with Crippen molar-refractivity contribution in [2.45, 2.75) is 4.90 Å². The van der Waals surface area contributed by atoms with Gasteiger partial charge in [-0.2, -0.15) is 0 Å². The number of hydrogen-bond acceptors (Lipinski definition) is 3. The van der Waals surface area contributed by atoms with Crippen molar-refractivity contribution in [3.05, 3.63) is 42.2 Å². The van der Waals surface area contributed by atoms with Gasteiger partial charge >= 0.3 is 0 Å². The zero-order valence-corrected chi connectivity index (χ0v) is 10.3. The summed E-state index contributed by atoms with van der Waals surface area (Å²) in [4.78, 5) is 0.674. The van der Waals surface area contributed by atoms with Crippen molar-refractivity contribution in [1.82, 2.24) is 0 Å². The van der Waals surface area contributed by atoms with Gasteiger partial charge in [-0.05, 0) is 35.4 Å². The van der Waals surface area contributed by atoms with Crippen molar-refractivity contribution in [2.24, 2.45) is 0 Å². The number of ether oxygens (including phenoxy) is 1. The van der Waals surface area contributed by atoms with Gasteiger partial charge in [0, 0.05) is 0 Å². The lowest BCUT2D eigenvalue weighted by molar-refractivity contribution is 0.386. The zero-order chi connectivity index (χ0) is 12.7. The minimum Gasteiger partial charge on any atom is -0.494 e. The van der Waals surface area contributed by atoms with Gasteiger partial charge in [0.1, 0.15) is 4.90 Å². The van der Waals surface area contributed by atoms with Gasteiger partial charge in [-0.25, -0.2) is 8.60 Å². The molecule has 0 amide bonds. The van der Waals surface area contributed by atoms with E-state index in [1.54, 1.807) is 30.3 Å². The third-order valence-electron chi connectivity index (χ3n) is 2.77. The molecule has 0 N–H and O–H groups in total. The van der Waals surface area contributed by atoms with Crippen LogP contribution in [0.25, 0.3) is 11.1 Å². The van der Waals surface area contributed by atoms with E-state index in [0.29, 0.717) is 10.6 Å². The molecule has 1 heterocycles. The molecule has 0 aliphatic carbocycles. The van der Waals surface area contributed by atoms with E-state index >= 15 is 0 Å². The van der Waals surface area contributed by atoms with Gasteiger partial charge in [0.05, 0.1) is 7.11 Å². The highest BCUT2D eigenvalue weighted by molar-refractivity contribution is 7.82. The molecule has 0 spiro atoms. The van der Waals surface area contributed by atoms with Crippen LogP contribution < -0.4 is 8.92 Å². The quantitative estimate of drug-likeness (QED) is 0.836. The van der Waals surface area contributed by atoms with Crippen LogP contribution in [-0.2, 0) is 11.1 Å². The molecule has 0 saturated carbocycles. The summed E-state index contributed by atoms with van der Waals surface area (Å²) < 4.78 is 34.5. The fourth-order valence-electron chi connectivity index (χ4n) is 1.83. The highest BCUT2D eigenvalue weighted by atomic mass is 32.2. The van der Waals surface area contributed by atoms with Gasteiger partial charge in [-0.1, -0.05) is 12.1 Å². The lowest BCUT2D eigenvalue weighted by atomic mass is 10.1. The van der Waals surface area contributed by atoms with Gasteiger partial charge in [0.15, 0.2) is 17.3 Å². The molecule has 0 fully saturated rings. The third kappa shape index (κ3) is 1.67. The highest BCUT2D eigenvalue weighted by Crippen LogP contribution is 2.37. The maximum atomic E-state index is 13.6. The summed E-state index contributed by atoms with van der Waals surface area (Å²) in [5, 5.41) is 0. The molecule has 3 rings (SSSR count). The Hall–Kier alpha value is -1.88. The summed E-state index contributed by atoms with van der Waals surface area (Å²) in [6.07, 6.45) is 0. The summed E-state index contributed by atoms with van der Waals surface area (Å²) in [5.41, 5.74) is 1.53. The first-order valence-corrected chi connectivity index (χ1v) is 6.34. The monoisotopic (exact) mass is 264 g/mol. The Bertz CT molecular complexity index is 655. The van der Waals surface area contributed by atoms with Gasteiger partial charge in [-0.15, -0.1) is 0 Å². The lowest BCUT2D eigenvalue weighted by Gasteiger charge is -2.18. The van der Waals surface area contributed by atoms with E-state index in [1.165, 1.54) is 13.2 Å². The number of hydrogen-bond donors (Lipinski definition) is 0. The van der Waals surface area contributed by atoms with E-state index in [0.717, 1.165) is 11.1 Å². The van der Waals surface area contributed by atoms with Crippen LogP contribution in [0.15, 0.2) is 41.3 Å². The second-order valence-corrected chi connectivity index (χ2v) is 4.90. The highest BCUT2D eigenvalue weighted by Gasteiger charge is 2.24. The van der Waals surface area contributed by atoms with E-state index in [4.69, 9.17) is 8.92 Å². The molecule has 1 aliphatic heterocycles. The summed E-state index contributed by atoms with van der Waals surface area (Å²) in [7, 11) is 1.42. The Kier molecular flexibility index (Phi) is 2.56. The molecule has 0 aromatic heterocycles. The van der Waals surface area contributed by atoms with E-state index in [9.17, 15) is 8.60 Å². The molecular weight excluding hydrogens is 255 g/mol. The van der Waals surface area contributed by atoms with Gasteiger partial charge in [0.25, 0.3) is 0 Å². The Morgan fingerprint density at radius 1 is 1.17 bits per heavy atom. The number of fused-ring (bicyclic) bond motifs is 1. The topological polar surface area (TPSA) is 35.5 Å². The third-order valence-corrected chi connectivity index (χ3v) is 3.80. The average molecular weight is 264 g/mol. The van der Waals surface area contributed by atoms with Gasteiger partial charge in [-0.3, -0.25) is 0 Å². The molecule has 92 valence electrons. The Labute approximate surface area is 106 Å². The molecule has 2 aromatic carbocycles. The summed E-state index contributed by atoms with van der Waals surface area (Å²) >= 11 is -1.34. The lowest BCUT2D eigenvalue weighted by Crippen LogP contribution is -2.13. The van der Waals surface area contributed by atoms with Crippen molar-refractivity contribution in [3.63, 3.8) is 0 Å². The molecule has 0 radical (unpaired) electrons. The molecule has 0 saturated heterocycles. The second-order valence-electron chi connectivity index (χ2n) is 3.83. The van der Waals surface area contributed by atoms with Crippen LogP contribution >= 0.6 is 0 Å². The van der Waals surface area contributed by atoms with E-state index < -0.39 is 16.9 Å². The Morgan fingerprint density at radius 3 is 2.50 bits per heavy atom. The minimum atomic E-state index is -1.34. The van der Waals surface area contributed by atoms with E-state index in [-0.39, 0.29) is 5.75 Å². The Balaban J connectivity index is 2.02. The first kappa shape index (κ1) is 11.2. The fourth-order valence-corrected chi connectivity index (χ4v) is 2.55. The molecule has 0 bridgehead atoms. The van der Waals surface area contributed by atoms with Crippen LogP contribution in [0.3, 0.4) is 0 Å². The van der Waals surface area contributed by atoms with Crippen LogP contribution in [0, 0.1) is 5.82 Å². The van der Waals surface area contributed by atoms with Crippen LogP contribution in [0.1, 0.15) is 0 Å². The van der Waals surface area contributed by atoms with Crippen molar-refractivity contribution in [3.8, 4) is 22.6 Å². The maximum absolute atomic E-state index is 13.6. The number of halogens is 1. The molecule has 5 heteroatoms. The van der Waals surface area contributed by atoms with E-state index in [2.05, 4.69) is 0 Å². The van der Waals surface area contributed by atoms with Gasteiger partial charge < -0.3 is 8.92 Å². The predicted molar refractivity (Wildman–Crippen MR) is 65.4 cm³/mol. The number of benzene rings is 2. The summed E-state index contributed by atoms with van der Waals surface area (Å²) in [6.45, 7) is 0. The smallest absolute Gasteiger partial charge is 0.244 e. The summed E-state index contributed by atoms with van der Waals surface area (Å²) in [5.74, 6) is 0.379. The standard InChI is InChI=1S/C13H9FO3S/c1-16-11-4-2-8(6-10(11)14)9-3-5-13-12(7-9)17-18(13)15/h2-7H,1H3. The molecule has 18 heavy (non-hydrogen) atoms. The van der Waals surface area contributed by atoms with Crippen LogP contribution in [0.2, 0.25) is 0 Å². The SMILES string of the molecule is COc1ccc(-c2ccc3c(c2)OS3=O)cc1F. The van der Waals surface area contributed by atoms with Crippen molar-refractivity contribution >= 4 is 11.1 Å². The first-order chi connectivity index (χ1) is 8.69. The number of methoxy groups -OCH3 is 1. The predicted octanol–water partition coefficient (Wildman–Crippen LogP) is 2.92. The van der Waals surface area contributed by atoms with Crippen LogP contribution in [0.5, 0.6) is 11.5 Å². The molecule has 1 atom stereocenters. The molecular formula is C13H9FO3S. The van der Waals surface area contributed by atoms with Crippen LogP contribution in [0.4, 0.5) is 4.39 Å². The van der Waals surface area contributed by atoms with Crippen molar-refractivity contribution in [2.75, 3.05) is 7.11 Å². The summed E-state index contributed by atoms with van der Waals surface area (Å²) in [6, 6.07) is 10.0. The minimum absolute atomic E-state index is 0.208. The Morgan fingerprint density at radius 2 is 1.89 bits per heavy atom. The molecule has 2 aromatic rings. The molecule has 3 nitrogen and oxygen atoms in total. The van der Waals surface area contributed by atoms with E-state index in [1.807, 2.05) is 0 Å². The van der Waals surface area contributed by atoms with Crippen molar-refractivity contribution in [1.29, 1.82) is 0 Å². The largest absolute Gasteiger partial charge is 0.494 e. The second kappa shape index (κ2) is 4.10. The fraction of sp³-hybridized carbons (Fsp3) is 0.0769. The molecule has 1 aliphatic rings. The average Bonchev–Trinajstić information content (AvgIpc) is 2.37. The normalized spacial score (nSPS) is 16.4. The maximum Gasteiger partial charge on any atom is 0.244 e. The van der Waals surface area contributed by atoms with Crippen molar-refractivity contribution < 1.29 is 17.5 Å². The molecule has 1 unspecified atom stereocenters. The zero-order valence-electron chi connectivity index (χ0n) is 9.48. The van der Waals surface area contributed by atoms with Crippen LogP contribution in [-0.4, -0.2) is 11.3 Å². The van der Waals surface area contributed by atoms with Gasteiger partial charge in [0.2, 0.25) is 11.1 Å². The number of rotatable bonds is 2. The first-order valence-electron chi connectivity index (χ1n) is 5.27.